The minimum Gasteiger partial charge on any atom is -0.342 e. The summed E-state index contributed by atoms with van der Waals surface area (Å²) >= 11 is 5.88. The molecular formula is C13H15ClFNO3S. The Bertz CT molecular complexity index is 605. The first-order valence-corrected chi connectivity index (χ1v) is 8.21. The van der Waals surface area contributed by atoms with E-state index in [4.69, 9.17) is 11.6 Å². The van der Waals surface area contributed by atoms with E-state index in [2.05, 4.69) is 0 Å². The maximum Gasteiger partial charge on any atom is 0.302 e. The van der Waals surface area contributed by atoms with E-state index in [9.17, 15) is 17.1 Å². The van der Waals surface area contributed by atoms with Crippen LogP contribution in [0.2, 0.25) is 5.02 Å². The van der Waals surface area contributed by atoms with Gasteiger partial charge in [-0.15, -0.1) is 3.89 Å². The average Bonchev–Trinajstić information content (AvgIpc) is 2.64. The van der Waals surface area contributed by atoms with E-state index in [1.54, 1.807) is 11.0 Å². The lowest BCUT2D eigenvalue weighted by Gasteiger charge is -2.16. The fourth-order valence-electron chi connectivity index (χ4n) is 2.42. The van der Waals surface area contributed by atoms with Gasteiger partial charge in [0.2, 0.25) is 5.91 Å². The van der Waals surface area contributed by atoms with E-state index in [1.807, 2.05) is 18.2 Å². The molecule has 1 heterocycles. The summed E-state index contributed by atoms with van der Waals surface area (Å²) in [6.45, 7) is 0.782. The van der Waals surface area contributed by atoms with Crippen LogP contribution < -0.4 is 0 Å². The molecule has 1 aliphatic heterocycles. The maximum absolute atomic E-state index is 12.6. The van der Waals surface area contributed by atoms with E-state index >= 15 is 0 Å². The van der Waals surface area contributed by atoms with Crippen molar-refractivity contribution in [2.75, 3.05) is 18.8 Å². The van der Waals surface area contributed by atoms with Crippen LogP contribution in [0.3, 0.4) is 0 Å². The number of carbonyl (C=O) groups excluding carboxylic acids is 1. The molecule has 110 valence electrons. The first kappa shape index (κ1) is 15.3. The van der Waals surface area contributed by atoms with Crippen LogP contribution in [0.15, 0.2) is 24.3 Å². The van der Waals surface area contributed by atoms with Gasteiger partial charge in [0.15, 0.2) is 0 Å². The molecule has 0 aromatic heterocycles. The van der Waals surface area contributed by atoms with Gasteiger partial charge in [-0.1, -0.05) is 23.7 Å². The lowest BCUT2D eigenvalue weighted by Crippen LogP contribution is -2.28. The van der Waals surface area contributed by atoms with Crippen molar-refractivity contribution in [2.24, 2.45) is 5.92 Å². The van der Waals surface area contributed by atoms with Crippen LogP contribution in [0.1, 0.15) is 12.0 Å². The quantitative estimate of drug-likeness (QED) is 0.780. The van der Waals surface area contributed by atoms with Crippen molar-refractivity contribution in [3.8, 4) is 0 Å². The van der Waals surface area contributed by atoms with Crippen LogP contribution in [0.25, 0.3) is 0 Å². The number of rotatable bonds is 5. The molecule has 1 aromatic rings. The van der Waals surface area contributed by atoms with Crippen molar-refractivity contribution in [3.63, 3.8) is 0 Å². The average molecular weight is 320 g/mol. The minimum absolute atomic E-state index is 0.0959. The zero-order valence-electron chi connectivity index (χ0n) is 10.8. The van der Waals surface area contributed by atoms with Gasteiger partial charge in [0.25, 0.3) is 0 Å². The fourth-order valence-corrected chi connectivity index (χ4v) is 3.42. The Balaban J connectivity index is 1.89. The van der Waals surface area contributed by atoms with Crippen LogP contribution in [0, 0.1) is 5.92 Å². The summed E-state index contributed by atoms with van der Waals surface area (Å²) in [4.78, 5) is 13.3. The summed E-state index contributed by atoms with van der Waals surface area (Å²) in [6, 6.07) is 7.34. The Labute approximate surface area is 122 Å². The molecule has 0 spiro atoms. The van der Waals surface area contributed by atoms with E-state index in [0.29, 0.717) is 24.5 Å². The fraction of sp³-hybridized carbons (Fsp3) is 0.462. The molecule has 1 amide bonds. The molecule has 4 nitrogen and oxygen atoms in total. The molecular weight excluding hydrogens is 305 g/mol. The first-order chi connectivity index (χ1) is 9.33. The topological polar surface area (TPSA) is 54.5 Å². The molecule has 1 aromatic carbocycles. The summed E-state index contributed by atoms with van der Waals surface area (Å²) in [5.41, 5.74) is 1.01. The van der Waals surface area contributed by atoms with Crippen LogP contribution in [0.5, 0.6) is 0 Å². The number of likely N-dealkylation sites (tertiary alicyclic amines) is 1. The Morgan fingerprint density at radius 1 is 1.40 bits per heavy atom. The van der Waals surface area contributed by atoms with Crippen LogP contribution >= 0.6 is 11.6 Å². The summed E-state index contributed by atoms with van der Waals surface area (Å²) in [5, 5.41) is 0.636. The van der Waals surface area contributed by atoms with Crippen molar-refractivity contribution in [3.05, 3.63) is 34.9 Å². The largest absolute Gasteiger partial charge is 0.342 e. The molecule has 1 fully saturated rings. The summed E-state index contributed by atoms with van der Waals surface area (Å²) in [6.07, 6.45) is 0.736. The van der Waals surface area contributed by atoms with Gasteiger partial charge >= 0.3 is 10.2 Å². The van der Waals surface area contributed by atoms with Gasteiger partial charge in [0.1, 0.15) is 0 Å². The third-order valence-electron chi connectivity index (χ3n) is 3.29. The summed E-state index contributed by atoms with van der Waals surface area (Å²) < 4.78 is 33.8. The number of carbonyl (C=O) groups is 1. The summed E-state index contributed by atoms with van der Waals surface area (Å²) in [7, 11) is -4.52. The number of amides is 1. The number of hydrogen-bond acceptors (Lipinski definition) is 3. The number of benzene rings is 1. The molecule has 2 rings (SSSR count). The van der Waals surface area contributed by atoms with E-state index in [1.165, 1.54) is 0 Å². The highest BCUT2D eigenvalue weighted by Crippen LogP contribution is 2.21. The highest BCUT2D eigenvalue weighted by Gasteiger charge is 2.32. The molecule has 1 saturated heterocycles. The van der Waals surface area contributed by atoms with Gasteiger partial charge in [-0.2, -0.15) is 8.42 Å². The first-order valence-electron chi connectivity index (χ1n) is 6.28. The predicted octanol–water partition coefficient (Wildman–Crippen LogP) is 2.03. The molecule has 0 aliphatic carbocycles. The minimum atomic E-state index is -4.52. The van der Waals surface area contributed by atoms with Gasteiger partial charge in [-0.25, -0.2) is 0 Å². The van der Waals surface area contributed by atoms with E-state index < -0.39 is 21.9 Å². The van der Waals surface area contributed by atoms with Gasteiger partial charge in [0.05, 0.1) is 5.75 Å². The third-order valence-corrected chi connectivity index (χ3v) is 4.39. The lowest BCUT2D eigenvalue weighted by molar-refractivity contribution is -0.127. The molecule has 20 heavy (non-hydrogen) atoms. The van der Waals surface area contributed by atoms with Crippen LogP contribution in [-0.2, 0) is 21.4 Å². The normalized spacial score (nSPS) is 19.6. The molecule has 0 N–H and O–H groups in total. The molecule has 1 unspecified atom stereocenters. The number of nitrogens with zero attached hydrogens (tertiary/aromatic N) is 1. The second kappa shape index (κ2) is 6.10. The Hall–Kier alpha value is -1.14. The zero-order valence-corrected chi connectivity index (χ0v) is 12.3. The monoisotopic (exact) mass is 319 g/mol. The maximum atomic E-state index is 12.6. The smallest absolute Gasteiger partial charge is 0.302 e. The number of hydrogen-bond donors (Lipinski definition) is 0. The molecule has 0 bridgehead atoms. The van der Waals surface area contributed by atoms with E-state index in [0.717, 1.165) is 5.56 Å². The van der Waals surface area contributed by atoms with Gasteiger partial charge < -0.3 is 4.90 Å². The highest BCUT2D eigenvalue weighted by atomic mass is 35.5. The Kier molecular flexibility index (Phi) is 4.65. The van der Waals surface area contributed by atoms with Gasteiger partial charge in [-0.3, -0.25) is 4.79 Å². The molecule has 0 radical (unpaired) electrons. The van der Waals surface area contributed by atoms with Crippen LogP contribution in [-0.4, -0.2) is 38.1 Å². The zero-order chi connectivity index (χ0) is 14.8. The van der Waals surface area contributed by atoms with E-state index in [-0.39, 0.29) is 12.3 Å². The van der Waals surface area contributed by atoms with Crippen molar-refractivity contribution < 1.29 is 17.1 Å². The molecule has 7 heteroatoms. The molecule has 0 saturated carbocycles. The van der Waals surface area contributed by atoms with Crippen molar-refractivity contribution >= 4 is 27.7 Å². The van der Waals surface area contributed by atoms with Crippen molar-refractivity contribution in [1.82, 2.24) is 4.90 Å². The Morgan fingerprint density at radius 3 is 2.80 bits per heavy atom. The van der Waals surface area contributed by atoms with Gasteiger partial charge in [0, 0.05) is 30.5 Å². The van der Waals surface area contributed by atoms with Crippen molar-refractivity contribution in [2.45, 2.75) is 12.8 Å². The highest BCUT2D eigenvalue weighted by molar-refractivity contribution is 7.86. The predicted molar refractivity (Wildman–Crippen MR) is 74.7 cm³/mol. The number of halogens is 2. The second-order valence-electron chi connectivity index (χ2n) is 5.00. The second-order valence-corrected chi connectivity index (χ2v) is 6.84. The molecule has 1 atom stereocenters. The lowest BCUT2D eigenvalue weighted by atomic mass is 10.1. The van der Waals surface area contributed by atoms with Crippen molar-refractivity contribution in [1.29, 1.82) is 0 Å². The van der Waals surface area contributed by atoms with Crippen LogP contribution in [0.4, 0.5) is 3.89 Å². The van der Waals surface area contributed by atoms with Gasteiger partial charge in [-0.05, 0) is 24.1 Å². The SMILES string of the molecule is O=C1CC(CS(=O)(=O)F)CN1CCc1cccc(Cl)c1. The third kappa shape index (κ3) is 4.45. The Morgan fingerprint density at radius 2 is 2.15 bits per heavy atom. The molecule has 1 aliphatic rings. The standard InChI is InChI=1S/C13H15ClFNO3S/c14-12-3-1-2-10(6-12)4-5-16-8-11(7-13(16)17)9-20(15,18)19/h1-3,6,11H,4-5,7-9H2. The summed E-state index contributed by atoms with van der Waals surface area (Å²) in [5.74, 6) is -1.15.